The molecule has 0 fully saturated rings. The highest BCUT2D eigenvalue weighted by Crippen LogP contribution is 2.34. The average Bonchev–Trinajstić information content (AvgIpc) is 2.69. The predicted octanol–water partition coefficient (Wildman–Crippen LogP) is 2.53. The molecule has 10 heteroatoms. The maximum absolute atomic E-state index is 12.8. The summed E-state index contributed by atoms with van der Waals surface area (Å²) in [6.07, 6.45) is -3.64. The van der Waals surface area contributed by atoms with Crippen molar-refractivity contribution in [2.75, 3.05) is 6.54 Å². The van der Waals surface area contributed by atoms with Crippen molar-refractivity contribution in [3.05, 3.63) is 70.8 Å². The fraction of sp³-hybridized carbons (Fsp3) is 0.150. The first-order valence-electron chi connectivity index (χ1n) is 8.76. The van der Waals surface area contributed by atoms with Gasteiger partial charge in [0.05, 0.1) is 0 Å². The number of nitrogens with two attached hydrogens (primary N) is 2. The summed E-state index contributed by atoms with van der Waals surface area (Å²) in [5, 5.41) is 0. The van der Waals surface area contributed by atoms with Crippen LogP contribution < -0.4 is 21.8 Å². The van der Waals surface area contributed by atoms with Gasteiger partial charge in [-0.1, -0.05) is 36.4 Å². The van der Waals surface area contributed by atoms with E-state index < -0.39 is 17.8 Å². The van der Waals surface area contributed by atoms with Gasteiger partial charge in [0.15, 0.2) is 0 Å². The summed E-state index contributed by atoms with van der Waals surface area (Å²) >= 11 is 0. The minimum Gasteiger partial charge on any atom is -0.405 e. The number of hydrogen-bond acceptors (Lipinski definition) is 5. The molecule has 0 aliphatic heterocycles. The number of para-hydroxylation sites is 1. The Bertz CT molecular complexity index is 1140. The van der Waals surface area contributed by atoms with Gasteiger partial charge in [0.25, 0.3) is 11.5 Å². The van der Waals surface area contributed by atoms with Crippen molar-refractivity contribution in [2.24, 2.45) is 11.5 Å². The van der Waals surface area contributed by atoms with Gasteiger partial charge in [0.2, 0.25) is 0 Å². The Morgan fingerprint density at radius 3 is 2.47 bits per heavy atom. The first-order chi connectivity index (χ1) is 14.2. The van der Waals surface area contributed by atoms with Crippen LogP contribution in [0.3, 0.4) is 0 Å². The molecule has 2 aromatic carbocycles. The van der Waals surface area contributed by atoms with Crippen molar-refractivity contribution in [3.8, 4) is 28.1 Å². The largest absolute Gasteiger partial charge is 0.573 e. The van der Waals surface area contributed by atoms with Gasteiger partial charge in [0, 0.05) is 30.4 Å². The average molecular weight is 418 g/mol. The zero-order chi connectivity index (χ0) is 21.9. The molecule has 30 heavy (non-hydrogen) atoms. The molecule has 1 aromatic heterocycles. The third-order valence-corrected chi connectivity index (χ3v) is 4.16. The molecule has 1 amide bonds. The van der Waals surface area contributed by atoms with Gasteiger partial charge in [0.1, 0.15) is 17.1 Å². The quantitative estimate of drug-likeness (QED) is 0.639. The van der Waals surface area contributed by atoms with E-state index in [4.69, 9.17) is 11.5 Å². The van der Waals surface area contributed by atoms with Crippen molar-refractivity contribution in [1.82, 2.24) is 9.55 Å². The highest BCUT2D eigenvalue weighted by Gasteiger charge is 2.32. The molecule has 7 nitrogen and oxygen atoms in total. The summed E-state index contributed by atoms with van der Waals surface area (Å²) in [5.41, 5.74) is 10.9. The van der Waals surface area contributed by atoms with E-state index in [1.54, 1.807) is 24.3 Å². The van der Waals surface area contributed by atoms with Crippen LogP contribution in [0, 0.1) is 0 Å². The van der Waals surface area contributed by atoms with Crippen molar-refractivity contribution >= 4 is 5.91 Å². The van der Waals surface area contributed by atoms with Crippen molar-refractivity contribution < 1.29 is 22.7 Å². The van der Waals surface area contributed by atoms with Gasteiger partial charge in [-0.05, 0) is 17.7 Å². The molecule has 0 spiro atoms. The van der Waals surface area contributed by atoms with Crippen LogP contribution in [0.1, 0.15) is 10.5 Å². The fourth-order valence-electron chi connectivity index (χ4n) is 2.90. The molecule has 0 saturated heterocycles. The molecular weight excluding hydrogens is 401 g/mol. The lowest BCUT2D eigenvalue weighted by Crippen LogP contribution is -2.29. The predicted molar refractivity (Wildman–Crippen MR) is 104 cm³/mol. The van der Waals surface area contributed by atoms with Gasteiger partial charge in [-0.3, -0.25) is 9.59 Å². The number of alkyl halides is 3. The van der Waals surface area contributed by atoms with Crippen molar-refractivity contribution in [2.45, 2.75) is 12.9 Å². The van der Waals surface area contributed by atoms with Crippen molar-refractivity contribution in [1.29, 1.82) is 0 Å². The van der Waals surface area contributed by atoms with E-state index in [1.807, 2.05) is 0 Å². The second-order valence-corrected chi connectivity index (χ2v) is 6.25. The van der Waals surface area contributed by atoms with E-state index >= 15 is 0 Å². The number of benzene rings is 2. The first kappa shape index (κ1) is 21.1. The lowest BCUT2D eigenvalue weighted by molar-refractivity contribution is -0.274. The molecule has 0 aliphatic carbocycles. The van der Waals surface area contributed by atoms with Crippen LogP contribution in [0.4, 0.5) is 13.2 Å². The normalized spacial score (nSPS) is 11.3. The molecular formula is C20H17F3N4O3. The maximum atomic E-state index is 12.8. The zero-order valence-electron chi connectivity index (χ0n) is 15.5. The number of carbonyl (C=O) groups excluding carboxylic acids is 1. The highest BCUT2D eigenvalue weighted by atomic mass is 19.4. The maximum Gasteiger partial charge on any atom is 0.573 e. The third kappa shape index (κ3) is 4.66. The molecule has 4 N–H and O–H groups in total. The molecule has 156 valence electrons. The number of nitrogens with zero attached hydrogens (tertiary/aromatic N) is 2. The first-order valence-corrected chi connectivity index (χ1v) is 8.76. The Kier molecular flexibility index (Phi) is 5.88. The summed E-state index contributed by atoms with van der Waals surface area (Å²) in [6, 6.07) is 11.8. The summed E-state index contributed by atoms with van der Waals surface area (Å²) in [5.74, 6) is -1.22. The number of rotatable bonds is 6. The summed E-state index contributed by atoms with van der Waals surface area (Å²) in [6.45, 7) is 0.278. The molecule has 3 aromatic rings. The van der Waals surface area contributed by atoms with Crippen LogP contribution in [0.25, 0.3) is 22.4 Å². The summed E-state index contributed by atoms with van der Waals surface area (Å²) in [4.78, 5) is 28.4. The monoisotopic (exact) mass is 418 g/mol. The van der Waals surface area contributed by atoms with E-state index in [0.29, 0.717) is 11.1 Å². The molecule has 3 rings (SSSR count). The standard InChI is InChI=1S/C20H17F3N4O3/c21-20(22,23)30-16-7-2-1-6-14(16)12-4-3-5-13(10-12)17-19(29)27(9-8-24)11-15(26-17)18(25)28/h1-7,10-11H,8-9,24H2,(H2,25,28). The van der Waals surface area contributed by atoms with Crippen molar-refractivity contribution in [3.63, 3.8) is 0 Å². The lowest BCUT2D eigenvalue weighted by Gasteiger charge is -2.14. The zero-order valence-corrected chi connectivity index (χ0v) is 15.5. The van der Waals surface area contributed by atoms with Crippen LogP contribution in [0.15, 0.2) is 59.5 Å². The number of carbonyl (C=O) groups is 1. The topological polar surface area (TPSA) is 113 Å². The summed E-state index contributed by atoms with van der Waals surface area (Å²) < 4.78 is 43.5. The second-order valence-electron chi connectivity index (χ2n) is 6.25. The van der Waals surface area contributed by atoms with Crippen LogP contribution in [0.2, 0.25) is 0 Å². The Hall–Kier alpha value is -3.66. The van der Waals surface area contributed by atoms with E-state index in [1.165, 1.54) is 35.0 Å². The molecule has 0 saturated carbocycles. The number of amides is 1. The number of ether oxygens (including phenoxy) is 1. The third-order valence-electron chi connectivity index (χ3n) is 4.16. The van der Waals surface area contributed by atoms with E-state index in [9.17, 15) is 22.8 Å². The molecule has 0 bridgehead atoms. The number of halogens is 3. The Morgan fingerprint density at radius 1 is 1.10 bits per heavy atom. The lowest BCUT2D eigenvalue weighted by atomic mass is 10.0. The Morgan fingerprint density at radius 2 is 1.80 bits per heavy atom. The van der Waals surface area contributed by atoms with Gasteiger partial charge in [-0.2, -0.15) is 0 Å². The van der Waals surface area contributed by atoms with E-state index in [0.717, 1.165) is 0 Å². The fourth-order valence-corrected chi connectivity index (χ4v) is 2.90. The van der Waals surface area contributed by atoms with Crippen LogP contribution in [-0.4, -0.2) is 28.4 Å². The van der Waals surface area contributed by atoms with Gasteiger partial charge >= 0.3 is 6.36 Å². The smallest absolute Gasteiger partial charge is 0.405 e. The number of hydrogen-bond donors (Lipinski definition) is 2. The van der Waals surface area contributed by atoms with Crippen LogP contribution >= 0.6 is 0 Å². The highest BCUT2D eigenvalue weighted by molar-refractivity contribution is 5.91. The minimum atomic E-state index is -4.86. The molecule has 0 atom stereocenters. The molecule has 0 aliphatic rings. The molecule has 1 heterocycles. The van der Waals surface area contributed by atoms with Crippen LogP contribution in [0.5, 0.6) is 5.75 Å². The van der Waals surface area contributed by atoms with Gasteiger partial charge in [-0.15, -0.1) is 13.2 Å². The Labute approximate surface area is 168 Å². The number of aromatic nitrogens is 2. The van der Waals surface area contributed by atoms with Gasteiger partial charge in [-0.25, -0.2) is 4.98 Å². The summed E-state index contributed by atoms with van der Waals surface area (Å²) in [7, 11) is 0. The Balaban J connectivity index is 2.14. The SMILES string of the molecule is NCCn1cc(C(N)=O)nc(-c2cccc(-c3ccccc3OC(F)(F)F)c2)c1=O. The molecule has 0 radical (unpaired) electrons. The van der Waals surface area contributed by atoms with Gasteiger partial charge < -0.3 is 20.8 Å². The molecule has 0 unspecified atom stereocenters. The van der Waals surface area contributed by atoms with Crippen LogP contribution in [-0.2, 0) is 6.54 Å². The van der Waals surface area contributed by atoms with E-state index in [-0.39, 0.29) is 35.8 Å². The second kappa shape index (κ2) is 8.37. The number of primary amides is 1. The van der Waals surface area contributed by atoms with E-state index in [2.05, 4.69) is 9.72 Å². The minimum absolute atomic E-state index is 0.0733.